The second-order valence-electron chi connectivity index (χ2n) is 4.17. The molecule has 21 heavy (non-hydrogen) atoms. The van der Waals surface area contributed by atoms with Gasteiger partial charge in [-0.05, 0) is 24.3 Å². The SMILES string of the molecule is O=C(O)c1csc(-c2csc(-c3cc(F)ccc3Br)n2)c1. The van der Waals surface area contributed by atoms with E-state index in [2.05, 4.69) is 20.9 Å². The van der Waals surface area contributed by atoms with Crippen LogP contribution in [0.3, 0.4) is 0 Å². The molecule has 106 valence electrons. The molecule has 2 aromatic heterocycles. The van der Waals surface area contributed by atoms with E-state index in [1.54, 1.807) is 17.5 Å². The molecule has 3 aromatic rings. The third kappa shape index (κ3) is 2.90. The Balaban J connectivity index is 1.99. The van der Waals surface area contributed by atoms with Crippen LogP contribution in [0.25, 0.3) is 21.1 Å². The first-order chi connectivity index (χ1) is 10.0. The molecule has 0 saturated heterocycles. The first-order valence-electron chi connectivity index (χ1n) is 5.78. The third-order valence-electron chi connectivity index (χ3n) is 2.76. The van der Waals surface area contributed by atoms with Crippen molar-refractivity contribution < 1.29 is 14.3 Å². The van der Waals surface area contributed by atoms with E-state index in [1.165, 1.54) is 34.8 Å². The summed E-state index contributed by atoms with van der Waals surface area (Å²) in [6.07, 6.45) is 0. The van der Waals surface area contributed by atoms with Gasteiger partial charge in [0, 0.05) is 20.8 Å². The van der Waals surface area contributed by atoms with Crippen LogP contribution >= 0.6 is 38.6 Å². The number of aromatic carboxylic acids is 1. The van der Waals surface area contributed by atoms with Gasteiger partial charge in [-0.3, -0.25) is 0 Å². The zero-order valence-electron chi connectivity index (χ0n) is 10.3. The Bertz CT molecular complexity index is 828. The van der Waals surface area contributed by atoms with Gasteiger partial charge in [-0.25, -0.2) is 14.2 Å². The summed E-state index contributed by atoms with van der Waals surface area (Å²) in [5.41, 5.74) is 1.63. The molecule has 0 amide bonds. The molecular weight excluding hydrogens is 377 g/mol. The molecule has 7 heteroatoms. The molecule has 3 nitrogen and oxygen atoms in total. The lowest BCUT2D eigenvalue weighted by Gasteiger charge is -2.00. The molecule has 1 aromatic carbocycles. The van der Waals surface area contributed by atoms with Crippen molar-refractivity contribution in [2.24, 2.45) is 0 Å². The molecular formula is C14H7BrFNO2S2. The highest BCUT2D eigenvalue weighted by atomic mass is 79.9. The molecule has 0 aliphatic heterocycles. The first-order valence-corrected chi connectivity index (χ1v) is 8.33. The van der Waals surface area contributed by atoms with Crippen LogP contribution in [-0.2, 0) is 0 Å². The van der Waals surface area contributed by atoms with Gasteiger partial charge in [0.2, 0.25) is 0 Å². The number of nitrogens with zero attached hydrogens (tertiary/aromatic N) is 1. The Kier molecular flexibility index (Phi) is 3.88. The minimum absolute atomic E-state index is 0.247. The predicted octanol–water partition coefficient (Wildman–Crippen LogP) is 5.14. The highest BCUT2D eigenvalue weighted by Gasteiger charge is 2.13. The summed E-state index contributed by atoms with van der Waals surface area (Å²) in [4.78, 5) is 16.1. The molecule has 0 saturated carbocycles. The number of benzene rings is 1. The lowest BCUT2D eigenvalue weighted by molar-refractivity contribution is 0.0697. The summed E-state index contributed by atoms with van der Waals surface area (Å²) in [6.45, 7) is 0. The molecule has 0 aliphatic carbocycles. The number of halogens is 2. The maximum Gasteiger partial charge on any atom is 0.336 e. The Morgan fingerprint density at radius 3 is 2.76 bits per heavy atom. The van der Waals surface area contributed by atoms with Gasteiger partial charge < -0.3 is 5.11 Å². The van der Waals surface area contributed by atoms with Crippen LogP contribution in [0.4, 0.5) is 4.39 Å². The number of thiazole rings is 1. The van der Waals surface area contributed by atoms with E-state index in [9.17, 15) is 9.18 Å². The van der Waals surface area contributed by atoms with Crippen molar-refractivity contribution in [1.82, 2.24) is 4.98 Å². The predicted molar refractivity (Wildman–Crippen MR) is 85.5 cm³/mol. The van der Waals surface area contributed by atoms with E-state index in [0.717, 1.165) is 9.35 Å². The molecule has 1 N–H and O–H groups in total. The topological polar surface area (TPSA) is 50.2 Å². The average Bonchev–Trinajstić information content (AvgIpc) is 3.09. The minimum atomic E-state index is -0.958. The number of aromatic nitrogens is 1. The van der Waals surface area contributed by atoms with Crippen molar-refractivity contribution in [3.05, 3.63) is 50.9 Å². The minimum Gasteiger partial charge on any atom is -0.478 e. The Morgan fingerprint density at radius 2 is 2.05 bits per heavy atom. The van der Waals surface area contributed by atoms with Gasteiger partial charge in [0.25, 0.3) is 0 Å². The Morgan fingerprint density at radius 1 is 1.24 bits per heavy atom. The molecule has 0 atom stereocenters. The number of thiophene rings is 1. The van der Waals surface area contributed by atoms with Crippen LogP contribution in [0.15, 0.2) is 39.5 Å². The molecule has 2 heterocycles. The maximum atomic E-state index is 13.3. The lowest BCUT2D eigenvalue weighted by Crippen LogP contribution is -1.91. The first kappa shape index (κ1) is 14.4. The van der Waals surface area contributed by atoms with Crippen LogP contribution in [0.1, 0.15) is 10.4 Å². The third-order valence-corrected chi connectivity index (χ3v) is 5.28. The van der Waals surface area contributed by atoms with Crippen LogP contribution < -0.4 is 0 Å². The van der Waals surface area contributed by atoms with E-state index < -0.39 is 5.97 Å². The van der Waals surface area contributed by atoms with Gasteiger partial charge in [0.1, 0.15) is 10.8 Å². The molecule has 0 bridgehead atoms. The summed E-state index contributed by atoms with van der Waals surface area (Å²) < 4.78 is 14.1. The van der Waals surface area contributed by atoms with Crippen LogP contribution in [0.5, 0.6) is 0 Å². The number of carboxylic acids is 1. The fraction of sp³-hybridized carbons (Fsp3) is 0. The van der Waals surface area contributed by atoms with Crippen molar-refractivity contribution >= 4 is 44.6 Å². The van der Waals surface area contributed by atoms with E-state index in [0.29, 0.717) is 16.3 Å². The Hall–Kier alpha value is -1.57. The van der Waals surface area contributed by atoms with Crippen molar-refractivity contribution in [3.8, 4) is 21.1 Å². The average molecular weight is 384 g/mol. The smallest absolute Gasteiger partial charge is 0.336 e. The normalized spacial score (nSPS) is 10.8. The van der Waals surface area contributed by atoms with Crippen molar-refractivity contribution in [3.63, 3.8) is 0 Å². The fourth-order valence-electron chi connectivity index (χ4n) is 1.75. The van der Waals surface area contributed by atoms with Crippen molar-refractivity contribution in [2.45, 2.75) is 0 Å². The summed E-state index contributed by atoms with van der Waals surface area (Å²) in [6, 6.07) is 6.02. The van der Waals surface area contributed by atoms with E-state index in [-0.39, 0.29) is 11.4 Å². The highest BCUT2D eigenvalue weighted by Crippen LogP contribution is 2.35. The summed E-state index contributed by atoms with van der Waals surface area (Å²) in [5, 5.41) is 13.0. The quantitative estimate of drug-likeness (QED) is 0.681. The van der Waals surface area contributed by atoms with E-state index >= 15 is 0 Å². The number of rotatable bonds is 3. The van der Waals surface area contributed by atoms with Gasteiger partial charge in [-0.1, -0.05) is 15.9 Å². The van der Waals surface area contributed by atoms with Crippen LogP contribution in [0, 0.1) is 5.82 Å². The number of hydrogen-bond donors (Lipinski definition) is 1. The zero-order chi connectivity index (χ0) is 15.0. The van der Waals surface area contributed by atoms with Gasteiger partial charge in [-0.15, -0.1) is 22.7 Å². The summed E-state index contributed by atoms with van der Waals surface area (Å²) in [7, 11) is 0. The molecule has 3 rings (SSSR count). The lowest BCUT2D eigenvalue weighted by atomic mass is 10.2. The maximum absolute atomic E-state index is 13.3. The van der Waals surface area contributed by atoms with E-state index in [4.69, 9.17) is 5.11 Å². The standard InChI is InChI=1S/C14H7BrFNO2S2/c15-10-2-1-8(16)4-9(10)13-17-11(6-21-13)12-3-7(5-20-12)14(18)19/h1-6H,(H,18,19). The van der Waals surface area contributed by atoms with Gasteiger partial charge in [0.15, 0.2) is 0 Å². The number of hydrogen-bond acceptors (Lipinski definition) is 4. The van der Waals surface area contributed by atoms with Crippen molar-refractivity contribution in [2.75, 3.05) is 0 Å². The molecule has 0 radical (unpaired) electrons. The van der Waals surface area contributed by atoms with Crippen LogP contribution in [0.2, 0.25) is 0 Å². The van der Waals surface area contributed by atoms with E-state index in [1.807, 2.05) is 5.38 Å². The van der Waals surface area contributed by atoms with Crippen molar-refractivity contribution in [1.29, 1.82) is 0 Å². The van der Waals surface area contributed by atoms with Gasteiger partial charge >= 0.3 is 5.97 Å². The summed E-state index contributed by atoms with van der Waals surface area (Å²) in [5.74, 6) is -1.28. The number of carbonyl (C=O) groups is 1. The highest BCUT2D eigenvalue weighted by molar-refractivity contribution is 9.10. The second-order valence-corrected chi connectivity index (χ2v) is 6.79. The monoisotopic (exact) mass is 383 g/mol. The molecule has 0 spiro atoms. The Labute approximate surface area is 135 Å². The summed E-state index contributed by atoms with van der Waals surface area (Å²) >= 11 is 6.09. The molecule has 0 fully saturated rings. The second kappa shape index (κ2) is 5.67. The zero-order valence-corrected chi connectivity index (χ0v) is 13.6. The largest absolute Gasteiger partial charge is 0.478 e. The number of carboxylic acid groups (broad SMARTS) is 1. The van der Waals surface area contributed by atoms with Gasteiger partial charge in [0.05, 0.1) is 16.1 Å². The fourth-order valence-corrected chi connectivity index (χ4v) is 4.09. The van der Waals surface area contributed by atoms with Gasteiger partial charge in [-0.2, -0.15) is 0 Å². The van der Waals surface area contributed by atoms with Crippen LogP contribution in [-0.4, -0.2) is 16.1 Å². The molecule has 0 unspecified atom stereocenters. The molecule has 0 aliphatic rings.